The van der Waals surface area contributed by atoms with E-state index in [0.717, 1.165) is 23.4 Å². The lowest BCUT2D eigenvalue weighted by Gasteiger charge is -2.29. The number of rotatable bonds is 4. The summed E-state index contributed by atoms with van der Waals surface area (Å²) in [6.45, 7) is 1.24. The summed E-state index contributed by atoms with van der Waals surface area (Å²) in [5, 5.41) is 2.99. The lowest BCUT2D eigenvalue weighted by Crippen LogP contribution is -2.36. The largest absolute Gasteiger partial charge is 0.378 e. The fourth-order valence-corrected chi connectivity index (χ4v) is 3.70. The van der Waals surface area contributed by atoms with Crippen molar-refractivity contribution in [3.05, 3.63) is 95.1 Å². The summed E-state index contributed by atoms with van der Waals surface area (Å²) in [6, 6.07) is 22.8. The summed E-state index contributed by atoms with van der Waals surface area (Å²) < 4.78 is 0. The zero-order valence-corrected chi connectivity index (χ0v) is 17.3. The van der Waals surface area contributed by atoms with Crippen molar-refractivity contribution in [2.45, 2.75) is 13.0 Å². The fraction of sp³-hybridized carbons (Fsp3) is 0.200. The van der Waals surface area contributed by atoms with Gasteiger partial charge in [0.2, 0.25) is 0 Å². The number of benzene rings is 3. The van der Waals surface area contributed by atoms with Gasteiger partial charge >= 0.3 is 0 Å². The summed E-state index contributed by atoms with van der Waals surface area (Å²) in [6.07, 6.45) is 0.813. The van der Waals surface area contributed by atoms with Crippen molar-refractivity contribution in [1.82, 2.24) is 4.90 Å². The van der Waals surface area contributed by atoms with Crippen LogP contribution in [-0.4, -0.2) is 37.4 Å². The predicted octanol–water partition coefficient (Wildman–Crippen LogP) is 4.20. The zero-order chi connectivity index (χ0) is 21.1. The Balaban J connectivity index is 1.50. The first-order valence-electron chi connectivity index (χ1n) is 10.1. The molecular formula is C25H25N3O2. The molecule has 1 aliphatic heterocycles. The summed E-state index contributed by atoms with van der Waals surface area (Å²) in [4.78, 5) is 29.3. The van der Waals surface area contributed by atoms with Crippen LogP contribution in [0.1, 0.15) is 31.8 Å². The molecule has 1 aliphatic rings. The van der Waals surface area contributed by atoms with Crippen molar-refractivity contribution < 1.29 is 9.59 Å². The molecule has 0 saturated carbocycles. The third kappa shape index (κ3) is 4.20. The minimum absolute atomic E-state index is 0.0381. The second-order valence-electron chi connectivity index (χ2n) is 7.73. The van der Waals surface area contributed by atoms with Crippen molar-refractivity contribution in [3.8, 4) is 0 Å². The summed E-state index contributed by atoms with van der Waals surface area (Å²) in [5.41, 5.74) is 5.32. The highest BCUT2D eigenvalue weighted by Gasteiger charge is 2.22. The van der Waals surface area contributed by atoms with Crippen LogP contribution in [0, 0.1) is 0 Å². The van der Waals surface area contributed by atoms with Crippen LogP contribution >= 0.6 is 0 Å². The van der Waals surface area contributed by atoms with Crippen LogP contribution in [0.2, 0.25) is 0 Å². The molecule has 4 rings (SSSR count). The van der Waals surface area contributed by atoms with Gasteiger partial charge in [0.25, 0.3) is 11.8 Å². The third-order valence-electron chi connectivity index (χ3n) is 5.41. The van der Waals surface area contributed by atoms with Crippen LogP contribution < -0.4 is 10.2 Å². The van der Waals surface area contributed by atoms with Gasteiger partial charge in [0, 0.05) is 49.7 Å². The minimum atomic E-state index is -0.147. The molecule has 0 radical (unpaired) electrons. The fourth-order valence-electron chi connectivity index (χ4n) is 3.70. The van der Waals surface area contributed by atoms with E-state index in [2.05, 4.69) is 5.32 Å². The van der Waals surface area contributed by atoms with E-state index in [-0.39, 0.29) is 11.8 Å². The van der Waals surface area contributed by atoms with Gasteiger partial charge < -0.3 is 15.1 Å². The van der Waals surface area contributed by atoms with E-state index in [9.17, 15) is 9.59 Å². The van der Waals surface area contributed by atoms with E-state index in [4.69, 9.17) is 0 Å². The van der Waals surface area contributed by atoms with E-state index in [1.165, 1.54) is 5.56 Å². The van der Waals surface area contributed by atoms with Gasteiger partial charge in [-0.1, -0.05) is 30.3 Å². The number of amides is 2. The molecule has 5 heteroatoms. The molecule has 5 nitrogen and oxygen atoms in total. The Bertz CT molecular complexity index is 1080. The number of fused-ring (bicyclic) bond motifs is 1. The Morgan fingerprint density at radius 2 is 1.63 bits per heavy atom. The van der Waals surface area contributed by atoms with Crippen molar-refractivity contribution in [3.63, 3.8) is 0 Å². The highest BCUT2D eigenvalue weighted by Crippen LogP contribution is 2.24. The van der Waals surface area contributed by atoms with Crippen molar-refractivity contribution in [2.75, 3.05) is 30.9 Å². The van der Waals surface area contributed by atoms with Gasteiger partial charge in [-0.05, 0) is 60.0 Å². The smallest absolute Gasteiger partial charge is 0.255 e. The maximum Gasteiger partial charge on any atom is 0.255 e. The highest BCUT2D eigenvalue weighted by atomic mass is 16.2. The average molecular weight is 399 g/mol. The van der Waals surface area contributed by atoms with Crippen LogP contribution in [0.3, 0.4) is 0 Å². The van der Waals surface area contributed by atoms with Crippen LogP contribution in [0.25, 0.3) is 0 Å². The standard InChI is InChI=1S/C25H25N3O2/c1-27(2)23-10-6-9-20(16-23)24(29)26-22-12-11-18-13-14-28(17-21(18)15-22)25(30)19-7-4-3-5-8-19/h3-12,15-16H,13-14,17H2,1-2H3,(H,26,29). The van der Waals surface area contributed by atoms with Crippen LogP contribution in [0.4, 0.5) is 11.4 Å². The number of carbonyl (C=O) groups excluding carboxylic acids is 2. The van der Waals surface area contributed by atoms with Gasteiger partial charge in [-0.3, -0.25) is 9.59 Å². The number of carbonyl (C=O) groups is 2. The molecule has 30 heavy (non-hydrogen) atoms. The van der Waals surface area contributed by atoms with Gasteiger partial charge in [-0.25, -0.2) is 0 Å². The first-order valence-corrected chi connectivity index (χ1v) is 10.1. The van der Waals surface area contributed by atoms with Crippen molar-refractivity contribution in [1.29, 1.82) is 0 Å². The molecule has 0 aromatic heterocycles. The molecule has 1 heterocycles. The Hall–Kier alpha value is -3.60. The monoisotopic (exact) mass is 399 g/mol. The topological polar surface area (TPSA) is 52.7 Å². The highest BCUT2D eigenvalue weighted by molar-refractivity contribution is 6.05. The molecular weight excluding hydrogens is 374 g/mol. The van der Waals surface area contributed by atoms with Crippen LogP contribution in [-0.2, 0) is 13.0 Å². The molecule has 0 unspecified atom stereocenters. The summed E-state index contributed by atoms with van der Waals surface area (Å²) in [7, 11) is 3.89. The minimum Gasteiger partial charge on any atom is -0.378 e. The lowest BCUT2D eigenvalue weighted by atomic mass is 9.98. The number of nitrogens with zero attached hydrogens (tertiary/aromatic N) is 2. The van der Waals surface area contributed by atoms with Crippen molar-refractivity contribution >= 4 is 23.2 Å². The van der Waals surface area contributed by atoms with Crippen molar-refractivity contribution in [2.24, 2.45) is 0 Å². The van der Waals surface area contributed by atoms with E-state index in [1.807, 2.05) is 90.6 Å². The normalized spacial score (nSPS) is 12.8. The Labute approximate surface area is 176 Å². The summed E-state index contributed by atoms with van der Waals surface area (Å²) >= 11 is 0. The molecule has 0 atom stereocenters. The van der Waals surface area contributed by atoms with Gasteiger partial charge in [0.1, 0.15) is 0 Å². The quantitative estimate of drug-likeness (QED) is 0.715. The van der Waals surface area contributed by atoms with E-state index in [1.54, 1.807) is 6.07 Å². The van der Waals surface area contributed by atoms with Crippen LogP contribution in [0.15, 0.2) is 72.8 Å². The second kappa shape index (κ2) is 8.41. The van der Waals surface area contributed by atoms with E-state index in [0.29, 0.717) is 24.2 Å². The van der Waals surface area contributed by atoms with Gasteiger partial charge in [0.15, 0.2) is 0 Å². The second-order valence-corrected chi connectivity index (χ2v) is 7.73. The Morgan fingerprint density at radius 3 is 2.40 bits per heavy atom. The number of anilines is 2. The molecule has 3 aromatic rings. The summed E-state index contributed by atoms with van der Waals surface area (Å²) in [5.74, 6) is -0.108. The SMILES string of the molecule is CN(C)c1cccc(C(=O)Nc2ccc3c(c2)CN(C(=O)c2ccccc2)CC3)c1. The van der Waals surface area contributed by atoms with Gasteiger partial charge in [-0.15, -0.1) is 0 Å². The molecule has 0 aliphatic carbocycles. The molecule has 0 fully saturated rings. The van der Waals surface area contributed by atoms with Gasteiger partial charge in [0.05, 0.1) is 0 Å². The molecule has 0 bridgehead atoms. The predicted molar refractivity (Wildman–Crippen MR) is 120 cm³/mol. The van der Waals surface area contributed by atoms with Gasteiger partial charge in [-0.2, -0.15) is 0 Å². The van der Waals surface area contributed by atoms with E-state index < -0.39 is 0 Å². The van der Waals surface area contributed by atoms with Crippen LogP contribution in [0.5, 0.6) is 0 Å². The number of hydrogen-bond donors (Lipinski definition) is 1. The maximum absolute atomic E-state index is 12.8. The first kappa shape index (κ1) is 19.7. The first-order chi connectivity index (χ1) is 14.5. The number of hydrogen-bond acceptors (Lipinski definition) is 3. The molecule has 1 N–H and O–H groups in total. The molecule has 152 valence electrons. The average Bonchev–Trinajstić information content (AvgIpc) is 2.78. The Kier molecular flexibility index (Phi) is 5.53. The molecule has 2 amide bonds. The zero-order valence-electron chi connectivity index (χ0n) is 17.3. The number of nitrogens with one attached hydrogen (secondary N) is 1. The molecule has 0 spiro atoms. The Morgan fingerprint density at radius 1 is 0.867 bits per heavy atom. The molecule has 3 aromatic carbocycles. The lowest BCUT2D eigenvalue weighted by molar-refractivity contribution is 0.0734. The third-order valence-corrected chi connectivity index (χ3v) is 5.41. The molecule has 0 saturated heterocycles. The maximum atomic E-state index is 12.8. The van der Waals surface area contributed by atoms with E-state index >= 15 is 0 Å².